The Hall–Kier alpha value is -1.07. The number of carbonyl (C=O) groups excluding carboxylic acids is 1. The number of hydrogen-bond acceptors (Lipinski definition) is 3. The van der Waals surface area contributed by atoms with Crippen molar-refractivity contribution in [1.29, 1.82) is 0 Å². The minimum atomic E-state index is -0.0241. The van der Waals surface area contributed by atoms with E-state index in [2.05, 4.69) is 28.2 Å². The molecule has 1 aromatic heterocycles. The molecule has 1 aromatic carbocycles. The average Bonchev–Trinajstić information content (AvgIpc) is 2.76. The average molecular weight is 367 g/mol. The molecule has 0 aliphatic heterocycles. The molecular weight excluding hydrogens is 348 g/mol. The van der Waals surface area contributed by atoms with Gasteiger partial charge in [0.05, 0.1) is 5.69 Å². The summed E-state index contributed by atoms with van der Waals surface area (Å²) in [6.45, 7) is 2.25. The van der Waals surface area contributed by atoms with Crippen LogP contribution in [-0.2, 0) is 0 Å². The first-order chi connectivity index (χ1) is 10.0. The van der Waals surface area contributed by atoms with Gasteiger partial charge in [-0.15, -0.1) is 11.3 Å². The number of nitrogen functional groups attached to an aromatic ring is 1. The van der Waals surface area contributed by atoms with Crippen molar-refractivity contribution in [3.63, 3.8) is 0 Å². The van der Waals surface area contributed by atoms with Crippen LogP contribution in [0, 0.1) is 5.92 Å². The van der Waals surface area contributed by atoms with Gasteiger partial charge in [-0.2, -0.15) is 0 Å². The van der Waals surface area contributed by atoms with E-state index in [0.717, 1.165) is 27.4 Å². The van der Waals surface area contributed by atoms with E-state index in [1.54, 1.807) is 0 Å². The molecule has 2 aromatic rings. The molecule has 1 aliphatic rings. The van der Waals surface area contributed by atoms with Gasteiger partial charge in [0.1, 0.15) is 4.88 Å². The third-order valence-corrected chi connectivity index (χ3v) is 5.84. The van der Waals surface area contributed by atoms with E-state index >= 15 is 0 Å². The molecule has 3 N–H and O–H groups in total. The largest absolute Gasteiger partial charge is 0.397 e. The lowest BCUT2D eigenvalue weighted by Gasteiger charge is -2.27. The molecule has 3 rings (SSSR count). The van der Waals surface area contributed by atoms with Gasteiger partial charge in [-0.05, 0) is 37.0 Å². The number of anilines is 1. The SMILES string of the molecule is CC1CCCC(NC(=O)c2sc3ccc(Br)cc3c2N)C1. The van der Waals surface area contributed by atoms with Crippen LogP contribution < -0.4 is 11.1 Å². The second-order valence-electron chi connectivity index (χ2n) is 5.93. The maximum absolute atomic E-state index is 12.5. The summed E-state index contributed by atoms with van der Waals surface area (Å²) in [6.07, 6.45) is 4.61. The molecule has 2 atom stereocenters. The van der Waals surface area contributed by atoms with Crippen LogP contribution in [0.15, 0.2) is 22.7 Å². The number of carbonyl (C=O) groups is 1. The third-order valence-electron chi connectivity index (χ3n) is 4.17. The van der Waals surface area contributed by atoms with Crippen molar-refractivity contribution in [2.24, 2.45) is 5.92 Å². The molecule has 0 radical (unpaired) electrons. The summed E-state index contributed by atoms with van der Waals surface area (Å²) in [5, 5.41) is 4.12. The summed E-state index contributed by atoms with van der Waals surface area (Å²) < 4.78 is 2.03. The molecule has 1 amide bonds. The van der Waals surface area contributed by atoms with Crippen LogP contribution >= 0.6 is 27.3 Å². The molecule has 5 heteroatoms. The van der Waals surface area contributed by atoms with E-state index in [1.807, 2.05) is 18.2 Å². The number of hydrogen-bond donors (Lipinski definition) is 2. The predicted molar refractivity (Wildman–Crippen MR) is 92.8 cm³/mol. The predicted octanol–water partition coefficient (Wildman–Crippen LogP) is 4.55. The van der Waals surface area contributed by atoms with E-state index in [1.165, 1.54) is 24.2 Å². The summed E-state index contributed by atoms with van der Waals surface area (Å²) in [6, 6.07) is 6.24. The Morgan fingerprint density at radius 2 is 2.24 bits per heavy atom. The molecular formula is C16H19BrN2OS. The molecule has 0 saturated heterocycles. The van der Waals surface area contributed by atoms with Crippen molar-refractivity contribution in [3.05, 3.63) is 27.5 Å². The highest BCUT2D eigenvalue weighted by molar-refractivity contribution is 9.10. The topological polar surface area (TPSA) is 55.1 Å². The Bertz CT molecular complexity index is 682. The van der Waals surface area contributed by atoms with Gasteiger partial charge in [-0.3, -0.25) is 4.79 Å². The van der Waals surface area contributed by atoms with Crippen molar-refractivity contribution < 1.29 is 4.79 Å². The normalized spacial score (nSPS) is 22.4. The zero-order valence-corrected chi connectivity index (χ0v) is 14.4. The van der Waals surface area contributed by atoms with Crippen molar-refractivity contribution in [2.75, 3.05) is 5.73 Å². The van der Waals surface area contributed by atoms with Crippen LogP contribution in [0.25, 0.3) is 10.1 Å². The Labute approximate surface area is 137 Å². The van der Waals surface area contributed by atoms with Gasteiger partial charge >= 0.3 is 0 Å². The fourth-order valence-corrected chi connectivity index (χ4v) is 4.44. The zero-order chi connectivity index (χ0) is 15.0. The van der Waals surface area contributed by atoms with Gasteiger partial charge in [0.15, 0.2) is 0 Å². The van der Waals surface area contributed by atoms with Gasteiger partial charge in [0.2, 0.25) is 0 Å². The summed E-state index contributed by atoms with van der Waals surface area (Å²) in [5.41, 5.74) is 6.76. The first-order valence-electron chi connectivity index (χ1n) is 7.33. The molecule has 1 heterocycles. The maximum Gasteiger partial charge on any atom is 0.263 e. The fraction of sp³-hybridized carbons (Fsp3) is 0.438. The summed E-state index contributed by atoms with van der Waals surface area (Å²) in [5.74, 6) is 0.670. The minimum Gasteiger partial charge on any atom is -0.397 e. The number of halogens is 1. The quantitative estimate of drug-likeness (QED) is 0.818. The monoisotopic (exact) mass is 366 g/mol. The molecule has 1 fully saturated rings. The van der Waals surface area contributed by atoms with E-state index in [4.69, 9.17) is 5.73 Å². The van der Waals surface area contributed by atoms with E-state index in [9.17, 15) is 4.79 Å². The van der Waals surface area contributed by atoms with Crippen molar-refractivity contribution >= 4 is 48.9 Å². The number of amides is 1. The Morgan fingerprint density at radius 1 is 1.43 bits per heavy atom. The number of benzene rings is 1. The van der Waals surface area contributed by atoms with E-state index in [0.29, 0.717) is 16.5 Å². The smallest absolute Gasteiger partial charge is 0.263 e. The lowest BCUT2D eigenvalue weighted by Crippen LogP contribution is -2.37. The molecule has 1 saturated carbocycles. The van der Waals surface area contributed by atoms with Gasteiger partial charge in [-0.25, -0.2) is 0 Å². The number of rotatable bonds is 2. The maximum atomic E-state index is 12.5. The molecule has 0 spiro atoms. The van der Waals surface area contributed by atoms with Crippen LogP contribution in [0.3, 0.4) is 0 Å². The van der Waals surface area contributed by atoms with Crippen molar-refractivity contribution in [2.45, 2.75) is 38.6 Å². The first-order valence-corrected chi connectivity index (χ1v) is 8.94. The van der Waals surface area contributed by atoms with Crippen molar-refractivity contribution in [3.8, 4) is 0 Å². The third kappa shape index (κ3) is 3.09. The number of fused-ring (bicyclic) bond motifs is 1. The first kappa shape index (κ1) is 14.9. The molecule has 3 nitrogen and oxygen atoms in total. The number of thiophene rings is 1. The van der Waals surface area contributed by atoms with Crippen molar-refractivity contribution in [1.82, 2.24) is 5.32 Å². The van der Waals surface area contributed by atoms with Crippen LogP contribution in [0.4, 0.5) is 5.69 Å². The standard InChI is InChI=1S/C16H19BrN2OS/c1-9-3-2-4-11(7-9)19-16(20)15-14(18)12-8-10(17)5-6-13(12)21-15/h5-6,8-9,11H,2-4,7,18H2,1H3,(H,19,20). The number of nitrogens with two attached hydrogens (primary N) is 1. The van der Waals surface area contributed by atoms with Crippen LogP contribution in [0.2, 0.25) is 0 Å². The van der Waals surface area contributed by atoms with Crippen LogP contribution in [0.5, 0.6) is 0 Å². The molecule has 21 heavy (non-hydrogen) atoms. The lowest BCUT2D eigenvalue weighted by atomic mass is 9.87. The highest BCUT2D eigenvalue weighted by Gasteiger charge is 2.23. The molecule has 0 bridgehead atoms. The Balaban J connectivity index is 1.82. The van der Waals surface area contributed by atoms with Gasteiger partial charge in [-0.1, -0.05) is 35.7 Å². The lowest BCUT2D eigenvalue weighted by molar-refractivity contribution is 0.0926. The highest BCUT2D eigenvalue weighted by atomic mass is 79.9. The van der Waals surface area contributed by atoms with Gasteiger partial charge < -0.3 is 11.1 Å². The second-order valence-corrected chi connectivity index (χ2v) is 7.90. The summed E-state index contributed by atoms with van der Waals surface area (Å²) in [7, 11) is 0. The Morgan fingerprint density at radius 3 is 3.00 bits per heavy atom. The van der Waals surface area contributed by atoms with Crippen LogP contribution in [-0.4, -0.2) is 11.9 Å². The highest BCUT2D eigenvalue weighted by Crippen LogP contribution is 2.35. The van der Waals surface area contributed by atoms with Gasteiger partial charge in [0, 0.05) is 20.6 Å². The molecule has 2 unspecified atom stereocenters. The zero-order valence-electron chi connectivity index (χ0n) is 12.0. The molecule has 112 valence electrons. The van der Waals surface area contributed by atoms with E-state index < -0.39 is 0 Å². The van der Waals surface area contributed by atoms with E-state index in [-0.39, 0.29) is 11.9 Å². The second kappa shape index (κ2) is 5.97. The van der Waals surface area contributed by atoms with Crippen LogP contribution in [0.1, 0.15) is 42.3 Å². The molecule has 1 aliphatic carbocycles. The minimum absolute atomic E-state index is 0.0241. The number of nitrogens with one attached hydrogen (secondary N) is 1. The van der Waals surface area contributed by atoms with Gasteiger partial charge in [0.25, 0.3) is 5.91 Å². The summed E-state index contributed by atoms with van der Waals surface area (Å²) in [4.78, 5) is 13.1. The Kier molecular flexibility index (Phi) is 4.22. The summed E-state index contributed by atoms with van der Waals surface area (Å²) >= 11 is 4.92. The fourth-order valence-electron chi connectivity index (χ4n) is 3.07.